The number of methoxy groups -OCH3 is 1. The SMILES string of the molecule is COC1(C(=O)Nc2ccc(OCCCN3CCCCCC3)cc2)CCCC1. The molecule has 1 N–H and O–H groups in total. The van der Waals surface area contributed by atoms with Crippen molar-refractivity contribution in [2.24, 2.45) is 0 Å². The molecule has 3 rings (SSSR count). The van der Waals surface area contributed by atoms with Crippen molar-refractivity contribution >= 4 is 11.6 Å². The van der Waals surface area contributed by atoms with Gasteiger partial charge >= 0.3 is 0 Å². The Morgan fingerprint density at radius 2 is 1.70 bits per heavy atom. The highest BCUT2D eigenvalue weighted by Gasteiger charge is 2.41. The van der Waals surface area contributed by atoms with Crippen molar-refractivity contribution in [2.45, 2.75) is 63.4 Å². The molecule has 0 spiro atoms. The summed E-state index contributed by atoms with van der Waals surface area (Å²) < 4.78 is 11.4. The summed E-state index contributed by atoms with van der Waals surface area (Å²) in [6.45, 7) is 4.32. The number of ether oxygens (including phenoxy) is 2. The molecular weight excluding hydrogens is 340 g/mol. The van der Waals surface area contributed by atoms with E-state index in [1.807, 2.05) is 24.3 Å². The zero-order valence-electron chi connectivity index (χ0n) is 16.7. The molecular formula is C22H34N2O3. The molecule has 0 radical (unpaired) electrons. The second-order valence-corrected chi connectivity index (χ2v) is 7.84. The highest BCUT2D eigenvalue weighted by Crippen LogP contribution is 2.33. The van der Waals surface area contributed by atoms with Crippen LogP contribution in [-0.2, 0) is 9.53 Å². The average molecular weight is 375 g/mol. The zero-order chi connectivity index (χ0) is 19.0. The maximum atomic E-state index is 12.6. The molecule has 27 heavy (non-hydrogen) atoms. The van der Waals surface area contributed by atoms with Crippen LogP contribution in [-0.4, -0.2) is 49.8 Å². The molecule has 1 saturated carbocycles. The highest BCUT2D eigenvalue weighted by atomic mass is 16.5. The van der Waals surface area contributed by atoms with Gasteiger partial charge in [-0.05, 0) is 82.3 Å². The van der Waals surface area contributed by atoms with Crippen molar-refractivity contribution in [1.82, 2.24) is 4.90 Å². The van der Waals surface area contributed by atoms with Gasteiger partial charge in [0, 0.05) is 19.3 Å². The van der Waals surface area contributed by atoms with Crippen LogP contribution in [0, 0.1) is 0 Å². The quantitative estimate of drug-likeness (QED) is 0.692. The molecule has 0 unspecified atom stereocenters. The number of hydrogen-bond acceptors (Lipinski definition) is 4. The maximum Gasteiger partial charge on any atom is 0.256 e. The molecule has 2 aliphatic rings. The molecule has 5 heteroatoms. The number of nitrogens with one attached hydrogen (secondary N) is 1. The van der Waals surface area contributed by atoms with E-state index in [0.717, 1.165) is 56.7 Å². The van der Waals surface area contributed by atoms with E-state index in [1.165, 1.54) is 38.8 Å². The minimum Gasteiger partial charge on any atom is -0.494 e. The second-order valence-electron chi connectivity index (χ2n) is 7.84. The fourth-order valence-electron chi connectivity index (χ4n) is 4.19. The van der Waals surface area contributed by atoms with Crippen molar-refractivity contribution in [2.75, 3.05) is 38.7 Å². The summed E-state index contributed by atoms with van der Waals surface area (Å²) in [4.78, 5) is 15.1. The zero-order valence-corrected chi connectivity index (χ0v) is 16.7. The van der Waals surface area contributed by atoms with E-state index in [0.29, 0.717) is 0 Å². The van der Waals surface area contributed by atoms with E-state index >= 15 is 0 Å². The summed E-state index contributed by atoms with van der Waals surface area (Å²) >= 11 is 0. The third-order valence-electron chi connectivity index (χ3n) is 5.91. The first-order chi connectivity index (χ1) is 13.2. The lowest BCUT2D eigenvalue weighted by atomic mass is 10.0. The minimum atomic E-state index is -0.650. The number of likely N-dealkylation sites (tertiary alicyclic amines) is 1. The van der Waals surface area contributed by atoms with Gasteiger partial charge in [0.05, 0.1) is 6.61 Å². The Hall–Kier alpha value is -1.59. The molecule has 0 aromatic heterocycles. The molecule has 0 bridgehead atoms. The summed E-state index contributed by atoms with van der Waals surface area (Å²) in [7, 11) is 1.63. The number of carbonyl (C=O) groups excluding carboxylic acids is 1. The Morgan fingerprint density at radius 3 is 2.33 bits per heavy atom. The Kier molecular flexibility index (Phi) is 7.53. The summed E-state index contributed by atoms with van der Waals surface area (Å²) in [5.41, 5.74) is 0.142. The van der Waals surface area contributed by atoms with Crippen molar-refractivity contribution in [3.05, 3.63) is 24.3 Å². The number of rotatable bonds is 8. The Labute approximate surface area is 163 Å². The predicted molar refractivity (Wildman–Crippen MR) is 108 cm³/mol. The van der Waals surface area contributed by atoms with Gasteiger partial charge in [0.2, 0.25) is 0 Å². The van der Waals surface area contributed by atoms with Crippen LogP contribution in [0.4, 0.5) is 5.69 Å². The van der Waals surface area contributed by atoms with Gasteiger partial charge in [-0.25, -0.2) is 0 Å². The number of anilines is 1. The second kappa shape index (κ2) is 10.1. The highest BCUT2D eigenvalue weighted by molar-refractivity contribution is 5.97. The first-order valence-corrected chi connectivity index (χ1v) is 10.5. The van der Waals surface area contributed by atoms with Crippen molar-refractivity contribution in [3.63, 3.8) is 0 Å². The number of nitrogens with zero attached hydrogens (tertiary/aromatic N) is 1. The van der Waals surface area contributed by atoms with Crippen LogP contribution in [0.25, 0.3) is 0 Å². The lowest BCUT2D eigenvalue weighted by Gasteiger charge is -2.25. The molecule has 2 fully saturated rings. The van der Waals surface area contributed by atoms with Gasteiger partial charge in [0.1, 0.15) is 11.4 Å². The van der Waals surface area contributed by atoms with E-state index in [2.05, 4.69) is 10.2 Å². The van der Waals surface area contributed by atoms with E-state index < -0.39 is 5.60 Å². The van der Waals surface area contributed by atoms with Crippen LogP contribution in [0.15, 0.2) is 24.3 Å². The standard InChI is InChI=1S/C22H34N2O3/c1-26-22(13-4-5-14-22)21(25)23-19-9-11-20(12-10-19)27-18-8-17-24-15-6-2-3-7-16-24/h9-12H,2-8,13-18H2,1H3,(H,23,25). The maximum absolute atomic E-state index is 12.6. The van der Waals surface area contributed by atoms with Crippen LogP contribution in [0.2, 0.25) is 0 Å². The molecule has 150 valence electrons. The largest absolute Gasteiger partial charge is 0.494 e. The molecule has 1 amide bonds. The van der Waals surface area contributed by atoms with Gasteiger partial charge in [0.15, 0.2) is 0 Å². The lowest BCUT2D eigenvalue weighted by molar-refractivity contribution is -0.136. The molecule has 1 aromatic rings. The first-order valence-electron chi connectivity index (χ1n) is 10.5. The van der Waals surface area contributed by atoms with Crippen LogP contribution < -0.4 is 10.1 Å². The van der Waals surface area contributed by atoms with Crippen LogP contribution >= 0.6 is 0 Å². The molecule has 1 heterocycles. The normalized spacial score (nSPS) is 20.2. The number of amides is 1. The van der Waals surface area contributed by atoms with Crippen molar-refractivity contribution in [1.29, 1.82) is 0 Å². The smallest absolute Gasteiger partial charge is 0.256 e. The minimum absolute atomic E-state index is 0.0337. The summed E-state index contributed by atoms with van der Waals surface area (Å²) in [6, 6.07) is 7.66. The van der Waals surface area contributed by atoms with Crippen LogP contribution in [0.5, 0.6) is 5.75 Å². The third kappa shape index (κ3) is 5.69. The van der Waals surface area contributed by atoms with Gasteiger partial charge in [-0.15, -0.1) is 0 Å². The third-order valence-corrected chi connectivity index (χ3v) is 5.91. The summed E-state index contributed by atoms with van der Waals surface area (Å²) in [6.07, 6.45) is 10.2. The Balaban J connectivity index is 1.40. The molecule has 0 atom stereocenters. The molecule has 1 aliphatic carbocycles. The molecule has 1 saturated heterocycles. The number of benzene rings is 1. The van der Waals surface area contributed by atoms with Gasteiger partial charge in [0.25, 0.3) is 5.91 Å². The van der Waals surface area contributed by atoms with Crippen molar-refractivity contribution < 1.29 is 14.3 Å². The van der Waals surface area contributed by atoms with E-state index in [1.54, 1.807) is 7.11 Å². The van der Waals surface area contributed by atoms with Crippen LogP contribution in [0.3, 0.4) is 0 Å². The van der Waals surface area contributed by atoms with Crippen molar-refractivity contribution in [3.8, 4) is 5.75 Å². The van der Waals surface area contributed by atoms with Gasteiger partial charge in [-0.3, -0.25) is 4.79 Å². The molecule has 5 nitrogen and oxygen atoms in total. The van der Waals surface area contributed by atoms with Crippen LogP contribution in [0.1, 0.15) is 57.8 Å². The summed E-state index contributed by atoms with van der Waals surface area (Å²) in [5, 5.41) is 2.99. The van der Waals surface area contributed by atoms with E-state index in [9.17, 15) is 4.79 Å². The predicted octanol–water partition coefficient (Wildman–Crippen LogP) is 4.23. The lowest BCUT2D eigenvalue weighted by Crippen LogP contribution is -2.42. The Morgan fingerprint density at radius 1 is 1.04 bits per heavy atom. The monoisotopic (exact) mass is 374 g/mol. The molecule has 1 aromatic carbocycles. The number of carbonyl (C=O) groups is 1. The van der Waals surface area contributed by atoms with Gasteiger partial charge in [-0.1, -0.05) is 12.8 Å². The fourth-order valence-corrected chi connectivity index (χ4v) is 4.19. The van der Waals surface area contributed by atoms with Gasteiger partial charge in [-0.2, -0.15) is 0 Å². The van der Waals surface area contributed by atoms with E-state index in [-0.39, 0.29) is 5.91 Å². The Bertz CT molecular complexity index is 574. The molecule has 1 aliphatic heterocycles. The average Bonchev–Trinajstić information content (AvgIpc) is 3.05. The summed E-state index contributed by atoms with van der Waals surface area (Å²) in [5.74, 6) is 0.819. The number of hydrogen-bond donors (Lipinski definition) is 1. The topological polar surface area (TPSA) is 50.8 Å². The first kappa shape index (κ1) is 20.2. The fraction of sp³-hybridized carbons (Fsp3) is 0.682. The van der Waals surface area contributed by atoms with Gasteiger partial charge < -0.3 is 19.7 Å². The van der Waals surface area contributed by atoms with E-state index in [4.69, 9.17) is 9.47 Å².